The number of pyridine rings is 1. The summed E-state index contributed by atoms with van der Waals surface area (Å²) >= 11 is 0. The van der Waals surface area contributed by atoms with Crippen molar-refractivity contribution in [3.8, 4) is 0 Å². The molecule has 2 rings (SSSR count). The van der Waals surface area contributed by atoms with Gasteiger partial charge in [0.15, 0.2) is 0 Å². The van der Waals surface area contributed by atoms with Gasteiger partial charge >= 0.3 is 0 Å². The van der Waals surface area contributed by atoms with E-state index < -0.39 is 10.0 Å². The van der Waals surface area contributed by atoms with Crippen LogP contribution in [-0.4, -0.2) is 33.0 Å². The van der Waals surface area contributed by atoms with Crippen LogP contribution in [0.1, 0.15) is 13.3 Å². The molecule has 1 aromatic heterocycles. The zero-order chi connectivity index (χ0) is 13.4. The van der Waals surface area contributed by atoms with E-state index in [9.17, 15) is 8.42 Å². The van der Waals surface area contributed by atoms with Crippen LogP contribution in [0.4, 0.5) is 5.82 Å². The molecule has 1 aromatic rings. The Bertz CT molecular complexity index is 528. The third-order valence-corrected chi connectivity index (χ3v) is 4.32. The van der Waals surface area contributed by atoms with Gasteiger partial charge in [-0.3, -0.25) is 0 Å². The van der Waals surface area contributed by atoms with Crippen LogP contribution in [0.2, 0.25) is 0 Å². The molecule has 1 atom stereocenters. The van der Waals surface area contributed by atoms with Gasteiger partial charge in [-0.25, -0.2) is 18.5 Å². The molecule has 0 radical (unpaired) electrons. The Balaban J connectivity index is 2.17. The van der Waals surface area contributed by atoms with Gasteiger partial charge in [-0.05, 0) is 30.5 Å². The molecular formula is C11H18N4O2S. The SMILES string of the molecule is CC1(CN)CCN(c2ccc(S(N)(=O)=O)cn2)C1. The first-order chi connectivity index (χ1) is 8.34. The van der Waals surface area contributed by atoms with E-state index in [-0.39, 0.29) is 10.3 Å². The van der Waals surface area contributed by atoms with Crippen LogP contribution in [0.3, 0.4) is 0 Å². The number of nitrogens with zero attached hydrogens (tertiary/aromatic N) is 2. The zero-order valence-corrected chi connectivity index (χ0v) is 11.2. The Kier molecular flexibility index (Phi) is 3.31. The summed E-state index contributed by atoms with van der Waals surface area (Å²) in [5, 5.41) is 5.03. The van der Waals surface area contributed by atoms with E-state index in [1.807, 2.05) is 0 Å². The first-order valence-corrected chi connectivity index (χ1v) is 7.33. The van der Waals surface area contributed by atoms with E-state index >= 15 is 0 Å². The molecule has 0 spiro atoms. The summed E-state index contributed by atoms with van der Waals surface area (Å²) < 4.78 is 22.2. The van der Waals surface area contributed by atoms with E-state index in [0.29, 0.717) is 6.54 Å². The van der Waals surface area contributed by atoms with Crippen LogP contribution >= 0.6 is 0 Å². The Hall–Kier alpha value is -1.18. The van der Waals surface area contributed by atoms with Crippen molar-refractivity contribution in [2.45, 2.75) is 18.2 Å². The largest absolute Gasteiger partial charge is 0.356 e. The lowest BCUT2D eigenvalue weighted by Gasteiger charge is -2.23. The third kappa shape index (κ3) is 2.63. The number of hydrogen-bond donors (Lipinski definition) is 2. The number of aromatic nitrogens is 1. The second kappa shape index (κ2) is 4.49. The molecule has 1 aliphatic heterocycles. The molecule has 1 aliphatic rings. The lowest BCUT2D eigenvalue weighted by atomic mass is 9.90. The predicted molar refractivity (Wildman–Crippen MR) is 69.6 cm³/mol. The van der Waals surface area contributed by atoms with Crippen LogP contribution in [0.5, 0.6) is 0 Å². The molecule has 4 N–H and O–H groups in total. The predicted octanol–water partition coefficient (Wildman–Crippen LogP) is -0.0959. The summed E-state index contributed by atoms with van der Waals surface area (Å²) in [6, 6.07) is 3.16. The zero-order valence-electron chi connectivity index (χ0n) is 10.3. The van der Waals surface area contributed by atoms with Gasteiger partial charge in [0.1, 0.15) is 10.7 Å². The summed E-state index contributed by atoms with van der Waals surface area (Å²) in [5.74, 6) is 0.763. The van der Waals surface area contributed by atoms with Gasteiger partial charge in [-0.2, -0.15) is 0 Å². The number of sulfonamides is 1. The second-order valence-electron chi connectivity index (χ2n) is 5.08. The minimum Gasteiger partial charge on any atom is -0.356 e. The first-order valence-electron chi connectivity index (χ1n) is 5.78. The average molecular weight is 270 g/mol. The van der Waals surface area contributed by atoms with E-state index in [1.165, 1.54) is 12.3 Å². The molecule has 0 bridgehead atoms. The van der Waals surface area contributed by atoms with Gasteiger partial charge < -0.3 is 10.6 Å². The minimum atomic E-state index is -3.67. The van der Waals surface area contributed by atoms with Gasteiger partial charge in [0.25, 0.3) is 0 Å². The Labute approximate surface area is 107 Å². The molecule has 0 amide bonds. The van der Waals surface area contributed by atoms with Crippen LogP contribution in [-0.2, 0) is 10.0 Å². The lowest BCUT2D eigenvalue weighted by molar-refractivity contribution is 0.383. The Morgan fingerprint density at radius 1 is 1.50 bits per heavy atom. The normalized spacial score (nSPS) is 24.5. The molecule has 18 heavy (non-hydrogen) atoms. The van der Waals surface area contributed by atoms with E-state index in [1.54, 1.807) is 6.07 Å². The van der Waals surface area contributed by atoms with Gasteiger partial charge in [0.2, 0.25) is 10.0 Å². The standard InChI is InChI=1S/C11H18N4O2S/c1-11(7-12)4-5-15(8-11)10-3-2-9(6-14-10)18(13,16)17/h2-3,6H,4-5,7-8,12H2,1H3,(H2,13,16,17). The number of rotatable bonds is 3. The molecule has 1 fully saturated rings. The van der Waals surface area contributed by atoms with E-state index in [4.69, 9.17) is 10.9 Å². The maximum Gasteiger partial charge on any atom is 0.239 e. The van der Waals surface area contributed by atoms with Gasteiger partial charge in [0.05, 0.1) is 0 Å². The molecule has 0 saturated carbocycles. The molecule has 1 unspecified atom stereocenters. The molecule has 0 aliphatic carbocycles. The molecule has 2 heterocycles. The van der Waals surface area contributed by atoms with E-state index in [2.05, 4.69) is 16.8 Å². The average Bonchev–Trinajstić information content (AvgIpc) is 2.72. The third-order valence-electron chi connectivity index (χ3n) is 3.42. The second-order valence-corrected chi connectivity index (χ2v) is 6.64. The summed E-state index contributed by atoms with van der Waals surface area (Å²) in [5.41, 5.74) is 5.86. The van der Waals surface area contributed by atoms with E-state index in [0.717, 1.165) is 25.3 Å². The smallest absolute Gasteiger partial charge is 0.239 e. The quantitative estimate of drug-likeness (QED) is 0.798. The molecule has 6 nitrogen and oxygen atoms in total. The first kappa shape index (κ1) is 13.3. The number of nitrogens with two attached hydrogens (primary N) is 2. The van der Waals surface area contributed by atoms with Crippen LogP contribution in [0, 0.1) is 5.41 Å². The summed E-state index contributed by atoms with van der Waals surface area (Å²) in [6.45, 7) is 4.51. The summed E-state index contributed by atoms with van der Waals surface area (Å²) in [6.07, 6.45) is 2.31. The molecular weight excluding hydrogens is 252 g/mol. The fraction of sp³-hybridized carbons (Fsp3) is 0.545. The Morgan fingerprint density at radius 2 is 2.22 bits per heavy atom. The van der Waals surface area contributed by atoms with Crippen molar-refractivity contribution in [2.75, 3.05) is 24.5 Å². The van der Waals surface area contributed by atoms with Crippen molar-refractivity contribution < 1.29 is 8.42 Å². The highest BCUT2D eigenvalue weighted by Gasteiger charge is 2.33. The highest BCUT2D eigenvalue weighted by atomic mass is 32.2. The van der Waals surface area contributed by atoms with Crippen molar-refractivity contribution in [3.63, 3.8) is 0 Å². The number of anilines is 1. The highest BCUT2D eigenvalue weighted by molar-refractivity contribution is 7.89. The topological polar surface area (TPSA) is 102 Å². The maximum atomic E-state index is 11.1. The van der Waals surface area contributed by atoms with Crippen molar-refractivity contribution in [3.05, 3.63) is 18.3 Å². The Morgan fingerprint density at radius 3 is 2.67 bits per heavy atom. The number of hydrogen-bond acceptors (Lipinski definition) is 5. The summed E-state index contributed by atoms with van der Waals surface area (Å²) in [4.78, 5) is 6.30. The maximum absolute atomic E-state index is 11.1. The highest BCUT2D eigenvalue weighted by Crippen LogP contribution is 2.31. The monoisotopic (exact) mass is 270 g/mol. The number of primary sulfonamides is 1. The van der Waals surface area contributed by atoms with Crippen LogP contribution < -0.4 is 15.8 Å². The van der Waals surface area contributed by atoms with Gasteiger partial charge in [-0.1, -0.05) is 6.92 Å². The molecule has 7 heteroatoms. The van der Waals surface area contributed by atoms with Crippen molar-refractivity contribution >= 4 is 15.8 Å². The fourth-order valence-corrected chi connectivity index (χ4v) is 2.57. The molecule has 1 saturated heterocycles. The molecule has 100 valence electrons. The molecule has 0 aromatic carbocycles. The van der Waals surface area contributed by atoms with Crippen molar-refractivity contribution in [1.82, 2.24) is 4.98 Å². The van der Waals surface area contributed by atoms with Crippen LogP contribution in [0.15, 0.2) is 23.2 Å². The minimum absolute atomic E-state index is 0.0343. The lowest BCUT2D eigenvalue weighted by Crippen LogP contribution is -2.31. The van der Waals surface area contributed by atoms with Crippen molar-refractivity contribution in [1.29, 1.82) is 0 Å². The van der Waals surface area contributed by atoms with Crippen LogP contribution in [0.25, 0.3) is 0 Å². The summed E-state index contributed by atoms with van der Waals surface area (Å²) in [7, 11) is -3.67. The van der Waals surface area contributed by atoms with Gasteiger partial charge in [0, 0.05) is 19.3 Å². The fourth-order valence-electron chi connectivity index (χ4n) is 2.11. The van der Waals surface area contributed by atoms with Crippen molar-refractivity contribution in [2.24, 2.45) is 16.3 Å². The van der Waals surface area contributed by atoms with Gasteiger partial charge in [-0.15, -0.1) is 0 Å².